The second-order valence-corrected chi connectivity index (χ2v) is 9.21. The van der Waals surface area contributed by atoms with Crippen LogP contribution < -0.4 is 0 Å². The highest BCUT2D eigenvalue weighted by molar-refractivity contribution is 7.90. The first kappa shape index (κ1) is 16.5. The lowest BCUT2D eigenvalue weighted by molar-refractivity contribution is 0.0203. The molecule has 1 unspecified atom stereocenters. The summed E-state index contributed by atoms with van der Waals surface area (Å²) in [5.41, 5.74) is 0.0757. The van der Waals surface area contributed by atoms with Crippen LogP contribution in [0.15, 0.2) is 29.2 Å². The number of likely N-dealkylation sites (tertiary alicyclic amines) is 1. The molecule has 2 rings (SSSR count). The lowest BCUT2D eigenvalue weighted by Gasteiger charge is -2.30. The predicted molar refractivity (Wildman–Crippen MR) is 84.0 cm³/mol. The van der Waals surface area contributed by atoms with Gasteiger partial charge in [-0.05, 0) is 43.0 Å². The average molecular weight is 311 g/mol. The average Bonchev–Trinajstić information content (AvgIpc) is 2.67. The number of sulfone groups is 1. The third-order valence-corrected chi connectivity index (χ3v) is 5.32. The van der Waals surface area contributed by atoms with Gasteiger partial charge < -0.3 is 5.11 Å². The summed E-state index contributed by atoms with van der Waals surface area (Å²) >= 11 is 0. The largest absolute Gasteiger partial charge is 0.384 e. The molecule has 0 spiro atoms. The fourth-order valence-electron chi connectivity index (χ4n) is 2.95. The van der Waals surface area contributed by atoms with E-state index in [9.17, 15) is 13.5 Å². The Bertz CT molecular complexity index is 603. The summed E-state index contributed by atoms with van der Waals surface area (Å²) in [4.78, 5) is 2.55. The zero-order chi connectivity index (χ0) is 15.9. The Hall–Kier alpha value is -0.910. The van der Waals surface area contributed by atoms with Crippen LogP contribution in [0, 0.1) is 5.41 Å². The number of hydrogen-bond donors (Lipinski definition) is 1. The highest BCUT2D eigenvalue weighted by Crippen LogP contribution is 2.32. The molecule has 118 valence electrons. The van der Waals surface area contributed by atoms with Crippen molar-refractivity contribution in [2.45, 2.75) is 37.7 Å². The third kappa shape index (κ3) is 4.05. The van der Waals surface area contributed by atoms with E-state index in [2.05, 4.69) is 18.7 Å². The normalized spacial score (nSPS) is 22.1. The molecule has 1 aromatic carbocycles. The second-order valence-electron chi connectivity index (χ2n) is 7.20. The van der Waals surface area contributed by atoms with Crippen LogP contribution in [0.4, 0.5) is 0 Å². The Balaban J connectivity index is 2.13. The van der Waals surface area contributed by atoms with E-state index in [0.717, 1.165) is 25.1 Å². The zero-order valence-electron chi connectivity index (χ0n) is 13.3. The molecule has 0 amide bonds. The molecule has 5 heteroatoms. The fourth-order valence-corrected chi connectivity index (χ4v) is 3.58. The van der Waals surface area contributed by atoms with Crippen LogP contribution in [0.25, 0.3) is 0 Å². The summed E-state index contributed by atoms with van der Waals surface area (Å²) < 4.78 is 22.9. The summed E-state index contributed by atoms with van der Waals surface area (Å²) in [7, 11) is -3.19. The smallest absolute Gasteiger partial charge is 0.175 e. The Morgan fingerprint density at radius 2 is 1.86 bits per heavy atom. The molecule has 1 aromatic rings. The molecule has 0 aliphatic carbocycles. The van der Waals surface area contributed by atoms with Gasteiger partial charge >= 0.3 is 0 Å². The van der Waals surface area contributed by atoms with Crippen molar-refractivity contribution in [3.05, 3.63) is 29.8 Å². The van der Waals surface area contributed by atoms with Crippen molar-refractivity contribution in [3.8, 4) is 0 Å². The Labute approximate surface area is 127 Å². The van der Waals surface area contributed by atoms with Gasteiger partial charge in [0.2, 0.25) is 0 Å². The lowest BCUT2D eigenvalue weighted by Crippen LogP contribution is -2.38. The molecule has 4 nitrogen and oxygen atoms in total. The SMILES string of the molecule is CC1(C)CCN(CC(C)(O)c2ccc(S(C)(=O)=O)cc2)C1. The molecular weight excluding hydrogens is 286 g/mol. The minimum absolute atomic E-state index is 0.282. The molecule has 1 saturated heterocycles. The summed E-state index contributed by atoms with van der Waals surface area (Å²) in [6.07, 6.45) is 2.32. The first-order valence-corrected chi connectivity index (χ1v) is 9.14. The van der Waals surface area contributed by atoms with E-state index in [4.69, 9.17) is 0 Å². The van der Waals surface area contributed by atoms with E-state index in [1.807, 2.05) is 0 Å². The van der Waals surface area contributed by atoms with E-state index in [1.165, 1.54) is 6.26 Å². The Morgan fingerprint density at radius 1 is 1.29 bits per heavy atom. The van der Waals surface area contributed by atoms with Crippen molar-refractivity contribution < 1.29 is 13.5 Å². The van der Waals surface area contributed by atoms with Gasteiger partial charge in [-0.3, -0.25) is 4.90 Å². The minimum Gasteiger partial charge on any atom is -0.384 e. The van der Waals surface area contributed by atoms with E-state index in [-0.39, 0.29) is 4.90 Å². The van der Waals surface area contributed by atoms with Gasteiger partial charge in [0.25, 0.3) is 0 Å². The summed E-state index contributed by atoms with van der Waals surface area (Å²) in [5, 5.41) is 10.7. The number of aliphatic hydroxyl groups is 1. The molecule has 1 N–H and O–H groups in total. The third-order valence-electron chi connectivity index (χ3n) is 4.19. The number of hydrogen-bond acceptors (Lipinski definition) is 4. The molecule has 1 aliphatic rings. The second kappa shape index (κ2) is 5.38. The lowest BCUT2D eigenvalue weighted by atomic mass is 9.93. The van der Waals surface area contributed by atoms with Gasteiger partial charge in [-0.15, -0.1) is 0 Å². The molecule has 21 heavy (non-hydrogen) atoms. The van der Waals surface area contributed by atoms with E-state index in [0.29, 0.717) is 12.0 Å². The van der Waals surface area contributed by atoms with Gasteiger partial charge in [0.1, 0.15) is 0 Å². The predicted octanol–water partition coefficient (Wildman–Crippen LogP) is 2.03. The van der Waals surface area contributed by atoms with Gasteiger partial charge in [0.05, 0.1) is 10.5 Å². The van der Waals surface area contributed by atoms with Gasteiger partial charge in [-0.25, -0.2) is 8.42 Å². The van der Waals surface area contributed by atoms with Gasteiger partial charge in [-0.2, -0.15) is 0 Å². The topological polar surface area (TPSA) is 57.6 Å². The van der Waals surface area contributed by atoms with Crippen molar-refractivity contribution in [1.29, 1.82) is 0 Å². The molecule has 1 atom stereocenters. The van der Waals surface area contributed by atoms with Crippen LogP contribution in [0.1, 0.15) is 32.8 Å². The van der Waals surface area contributed by atoms with E-state index < -0.39 is 15.4 Å². The number of β-amino-alcohol motifs (C(OH)–C–C–N with tert-alkyl or cyclic N) is 1. The quantitative estimate of drug-likeness (QED) is 0.924. The zero-order valence-corrected chi connectivity index (χ0v) is 14.1. The first-order valence-electron chi connectivity index (χ1n) is 7.25. The molecular formula is C16H25NO3S. The molecule has 1 aliphatic heterocycles. The van der Waals surface area contributed by atoms with Crippen molar-refractivity contribution in [2.75, 3.05) is 25.9 Å². The van der Waals surface area contributed by atoms with Crippen LogP contribution >= 0.6 is 0 Å². The van der Waals surface area contributed by atoms with Crippen LogP contribution in [-0.4, -0.2) is 44.3 Å². The maximum Gasteiger partial charge on any atom is 0.175 e. The minimum atomic E-state index is -3.19. The van der Waals surface area contributed by atoms with E-state index >= 15 is 0 Å². The first-order chi connectivity index (χ1) is 9.50. The number of nitrogens with zero attached hydrogens (tertiary/aromatic N) is 1. The molecule has 1 fully saturated rings. The maximum absolute atomic E-state index is 11.5. The van der Waals surface area contributed by atoms with E-state index in [1.54, 1.807) is 31.2 Å². The van der Waals surface area contributed by atoms with Crippen LogP contribution in [0.3, 0.4) is 0 Å². The van der Waals surface area contributed by atoms with Crippen molar-refractivity contribution in [3.63, 3.8) is 0 Å². The van der Waals surface area contributed by atoms with Crippen LogP contribution in [0.5, 0.6) is 0 Å². The fraction of sp³-hybridized carbons (Fsp3) is 0.625. The van der Waals surface area contributed by atoms with Gasteiger partial charge in [0.15, 0.2) is 9.84 Å². The summed E-state index contributed by atoms with van der Waals surface area (Å²) in [6.45, 7) is 8.79. The molecule has 0 bridgehead atoms. The highest BCUT2D eigenvalue weighted by Gasteiger charge is 2.34. The molecule has 0 radical (unpaired) electrons. The summed E-state index contributed by atoms with van der Waals surface area (Å²) in [6, 6.07) is 6.54. The molecule has 1 heterocycles. The molecule has 0 aromatic heterocycles. The number of rotatable bonds is 4. The van der Waals surface area contributed by atoms with Crippen molar-refractivity contribution in [2.24, 2.45) is 5.41 Å². The monoisotopic (exact) mass is 311 g/mol. The Morgan fingerprint density at radius 3 is 2.29 bits per heavy atom. The number of benzene rings is 1. The Kier molecular flexibility index (Phi) is 4.21. The summed E-state index contributed by atoms with van der Waals surface area (Å²) in [5.74, 6) is 0. The highest BCUT2D eigenvalue weighted by atomic mass is 32.2. The van der Waals surface area contributed by atoms with Crippen molar-refractivity contribution in [1.82, 2.24) is 4.90 Å². The van der Waals surface area contributed by atoms with Gasteiger partial charge in [-0.1, -0.05) is 26.0 Å². The van der Waals surface area contributed by atoms with Crippen LogP contribution in [0.2, 0.25) is 0 Å². The van der Waals surface area contributed by atoms with Crippen LogP contribution in [-0.2, 0) is 15.4 Å². The maximum atomic E-state index is 11.5. The van der Waals surface area contributed by atoms with Crippen molar-refractivity contribution >= 4 is 9.84 Å². The molecule has 0 saturated carbocycles. The standard InChI is InChI=1S/C16H25NO3S/c1-15(2)9-10-17(11-15)12-16(3,18)13-5-7-14(8-6-13)21(4,19)20/h5-8,18H,9-12H2,1-4H3. The van der Waals surface area contributed by atoms with Gasteiger partial charge in [0, 0.05) is 19.3 Å².